The molecule has 0 unspecified atom stereocenters. The second kappa shape index (κ2) is 6.49. The van der Waals surface area contributed by atoms with Crippen molar-refractivity contribution in [1.82, 2.24) is 5.43 Å². The van der Waals surface area contributed by atoms with E-state index in [1.807, 2.05) is 31.2 Å². The summed E-state index contributed by atoms with van der Waals surface area (Å²) in [6, 6.07) is 11.7. The molecule has 2 aliphatic rings. The Morgan fingerprint density at radius 2 is 1.75 bits per heavy atom. The first kappa shape index (κ1) is 18.3. The Kier molecular flexibility index (Phi) is 4.23. The number of aryl methyl sites for hydroxylation is 1. The Hall–Kier alpha value is -3.12. The number of hydrogen-bond acceptors (Lipinski definition) is 5. The van der Waals surface area contributed by atoms with Crippen LogP contribution in [0.1, 0.15) is 18.1 Å². The highest BCUT2D eigenvalue weighted by atomic mass is 35.5. The molecule has 28 heavy (non-hydrogen) atoms. The highest BCUT2D eigenvalue weighted by Crippen LogP contribution is 2.38. The van der Waals surface area contributed by atoms with Crippen LogP contribution in [0, 0.1) is 13.8 Å². The molecule has 6 nitrogen and oxygen atoms in total. The van der Waals surface area contributed by atoms with Gasteiger partial charge in [0.2, 0.25) is 0 Å². The third-order valence-corrected chi connectivity index (χ3v) is 5.47. The molecule has 1 atom stereocenters. The van der Waals surface area contributed by atoms with E-state index in [1.54, 1.807) is 30.1 Å². The number of hydrazine groups is 1. The Morgan fingerprint density at radius 3 is 2.39 bits per heavy atom. The van der Waals surface area contributed by atoms with Crippen molar-refractivity contribution in [2.45, 2.75) is 26.8 Å². The van der Waals surface area contributed by atoms with Gasteiger partial charge in [0.1, 0.15) is 5.70 Å². The Bertz CT molecular complexity index is 1060. The van der Waals surface area contributed by atoms with Crippen LogP contribution in [0.3, 0.4) is 0 Å². The average molecular weight is 396 g/mol. The fourth-order valence-corrected chi connectivity index (χ4v) is 3.74. The second-order valence-electron chi connectivity index (χ2n) is 6.93. The van der Waals surface area contributed by atoms with Gasteiger partial charge in [0.25, 0.3) is 11.8 Å². The molecule has 0 spiro atoms. The van der Waals surface area contributed by atoms with Crippen molar-refractivity contribution < 1.29 is 14.4 Å². The molecule has 0 bridgehead atoms. The topological polar surface area (TPSA) is 69.7 Å². The first-order valence-corrected chi connectivity index (χ1v) is 9.20. The molecule has 2 amide bonds. The largest absolute Gasteiger partial charge is 0.293 e. The summed E-state index contributed by atoms with van der Waals surface area (Å²) in [5.74, 6) is -1.23. The van der Waals surface area contributed by atoms with Crippen LogP contribution in [0.4, 0.5) is 11.4 Å². The number of anilines is 2. The van der Waals surface area contributed by atoms with E-state index in [0.717, 1.165) is 10.5 Å². The molecule has 2 aromatic rings. The Balaban J connectivity index is 1.84. The molecule has 0 saturated carbocycles. The Labute approximate surface area is 167 Å². The number of Topliss-reactive ketones (excluding diaryl/α,β-unsaturated/α-hetero) is 1. The zero-order valence-electron chi connectivity index (χ0n) is 15.6. The quantitative estimate of drug-likeness (QED) is 0.809. The van der Waals surface area contributed by atoms with Crippen molar-refractivity contribution in [1.29, 1.82) is 0 Å². The number of hydrogen-bond donors (Lipinski definition) is 1. The van der Waals surface area contributed by atoms with Crippen LogP contribution in [0.2, 0.25) is 5.02 Å². The summed E-state index contributed by atoms with van der Waals surface area (Å²) < 4.78 is 0. The van der Waals surface area contributed by atoms with Crippen molar-refractivity contribution in [2.75, 3.05) is 9.91 Å². The molecular weight excluding hydrogens is 378 g/mol. The van der Waals surface area contributed by atoms with E-state index < -0.39 is 17.9 Å². The van der Waals surface area contributed by atoms with Gasteiger partial charge in [-0.1, -0.05) is 35.4 Å². The molecule has 2 aliphatic heterocycles. The highest BCUT2D eigenvalue weighted by molar-refractivity contribution is 6.36. The summed E-state index contributed by atoms with van der Waals surface area (Å²) in [5, 5.41) is 2.04. The molecule has 0 radical (unpaired) electrons. The number of halogens is 1. The predicted molar refractivity (Wildman–Crippen MR) is 107 cm³/mol. The van der Waals surface area contributed by atoms with E-state index in [1.165, 1.54) is 6.92 Å². The van der Waals surface area contributed by atoms with Gasteiger partial charge >= 0.3 is 0 Å². The summed E-state index contributed by atoms with van der Waals surface area (Å²) in [6.07, 6.45) is 0. The van der Waals surface area contributed by atoms with Crippen molar-refractivity contribution >= 4 is 40.6 Å². The molecule has 1 fully saturated rings. The third-order valence-electron chi connectivity index (χ3n) is 5.07. The van der Waals surface area contributed by atoms with Crippen molar-refractivity contribution in [3.63, 3.8) is 0 Å². The van der Waals surface area contributed by atoms with Crippen LogP contribution < -0.4 is 15.3 Å². The molecule has 2 heterocycles. The number of imide groups is 1. The van der Waals surface area contributed by atoms with Gasteiger partial charge in [-0.2, -0.15) is 0 Å². The van der Waals surface area contributed by atoms with Crippen LogP contribution in [0.25, 0.3) is 0 Å². The number of fused-ring (bicyclic) bond motifs is 1. The van der Waals surface area contributed by atoms with Crippen LogP contribution in [0.5, 0.6) is 0 Å². The first-order valence-electron chi connectivity index (χ1n) is 8.82. The second-order valence-corrected chi connectivity index (χ2v) is 7.33. The van der Waals surface area contributed by atoms with Gasteiger partial charge in [-0.3, -0.25) is 24.8 Å². The van der Waals surface area contributed by atoms with Crippen LogP contribution in [-0.2, 0) is 14.4 Å². The minimum atomic E-state index is -0.910. The number of amides is 2. The number of rotatable bonds is 3. The van der Waals surface area contributed by atoms with Crippen LogP contribution in [0.15, 0.2) is 53.7 Å². The standard InChI is InChI=1S/C21H18ClN3O3/c1-11-7-9-14(10-8-11)25-19-17(18(23-25)13(3)26)20(27)24(21(19)28)16-6-4-5-15(22)12(16)2/h4-10,19,23H,1-3H3/t19-/m1/s1. The summed E-state index contributed by atoms with van der Waals surface area (Å²) in [6.45, 7) is 5.08. The zero-order chi connectivity index (χ0) is 20.2. The third kappa shape index (κ3) is 2.60. The van der Waals surface area contributed by atoms with Crippen LogP contribution >= 0.6 is 11.6 Å². The first-order chi connectivity index (χ1) is 13.3. The minimum absolute atomic E-state index is 0.145. The highest BCUT2D eigenvalue weighted by Gasteiger charge is 2.53. The lowest BCUT2D eigenvalue weighted by atomic mass is 10.1. The van der Waals surface area contributed by atoms with Gasteiger partial charge in [0, 0.05) is 11.9 Å². The predicted octanol–water partition coefficient (Wildman–Crippen LogP) is 3.07. The van der Waals surface area contributed by atoms with Gasteiger partial charge in [-0.25, -0.2) is 4.90 Å². The van der Waals surface area contributed by atoms with Gasteiger partial charge in [0.05, 0.1) is 16.9 Å². The number of ketones is 1. The Morgan fingerprint density at radius 1 is 1.07 bits per heavy atom. The molecule has 7 heteroatoms. The fraction of sp³-hybridized carbons (Fsp3) is 0.190. The average Bonchev–Trinajstić information content (AvgIpc) is 3.16. The van der Waals surface area contributed by atoms with E-state index in [-0.39, 0.29) is 17.1 Å². The van der Waals surface area contributed by atoms with Gasteiger partial charge in [-0.15, -0.1) is 0 Å². The summed E-state index contributed by atoms with van der Waals surface area (Å²) in [5.41, 5.74) is 6.07. The van der Waals surface area contributed by atoms with E-state index in [2.05, 4.69) is 5.43 Å². The van der Waals surface area contributed by atoms with Crippen molar-refractivity contribution in [3.05, 3.63) is 69.9 Å². The number of carbonyl (C=O) groups is 3. The van der Waals surface area contributed by atoms with E-state index in [0.29, 0.717) is 22.0 Å². The minimum Gasteiger partial charge on any atom is -0.293 e. The number of benzene rings is 2. The molecule has 1 N–H and O–H groups in total. The molecule has 4 rings (SSSR count). The van der Waals surface area contributed by atoms with Gasteiger partial charge < -0.3 is 0 Å². The van der Waals surface area contributed by atoms with E-state index >= 15 is 0 Å². The maximum Gasteiger partial charge on any atom is 0.266 e. The lowest BCUT2D eigenvalue weighted by Gasteiger charge is -2.26. The number of nitrogens with one attached hydrogen (secondary N) is 1. The summed E-state index contributed by atoms with van der Waals surface area (Å²) in [7, 11) is 0. The molecule has 2 aromatic carbocycles. The normalized spacial score (nSPS) is 18.6. The number of allylic oxidation sites excluding steroid dienone is 1. The lowest BCUT2D eigenvalue weighted by Crippen LogP contribution is -2.46. The molecule has 142 valence electrons. The molecule has 0 aliphatic carbocycles. The van der Waals surface area contributed by atoms with Crippen molar-refractivity contribution in [2.24, 2.45) is 0 Å². The van der Waals surface area contributed by atoms with Crippen molar-refractivity contribution in [3.8, 4) is 0 Å². The number of carbonyl (C=O) groups excluding carboxylic acids is 3. The molecule has 1 saturated heterocycles. The SMILES string of the molecule is CC(=O)C1=C2C(=O)N(c3cccc(Cl)c3C)C(=O)[C@@H]2N(c2ccc(C)cc2)N1. The monoisotopic (exact) mass is 395 g/mol. The lowest BCUT2D eigenvalue weighted by molar-refractivity contribution is -0.121. The fourth-order valence-electron chi connectivity index (χ4n) is 3.57. The maximum absolute atomic E-state index is 13.3. The molecular formula is C21H18ClN3O3. The van der Waals surface area contributed by atoms with E-state index in [4.69, 9.17) is 11.6 Å². The summed E-state index contributed by atoms with van der Waals surface area (Å²) >= 11 is 6.19. The molecule has 0 aromatic heterocycles. The van der Waals surface area contributed by atoms with Gasteiger partial charge in [0.15, 0.2) is 11.8 Å². The smallest absolute Gasteiger partial charge is 0.266 e. The number of nitrogens with zero attached hydrogens (tertiary/aromatic N) is 2. The maximum atomic E-state index is 13.3. The van der Waals surface area contributed by atoms with E-state index in [9.17, 15) is 14.4 Å². The van der Waals surface area contributed by atoms with Crippen LogP contribution in [-0.4, -0.2) is 23.6 Å². The summed E-state index contributed by atoms with van der Waals surface area (Å²) in [4.78, 5) is 39.8. The zero-order valence-corrected chi connectivity index (χ0v) is 16.4. The van der Waals surface area contributed by atoms with Gasteiger partial charge in [-0.05, 0) is 43.7 Å².